The Kier molecular flexibility index (Phi) is 5.15. The van der Waals surface area contributed by atoms with Crippen molar-refractivity contribution in [1.29, 1.82) is 0 Å². The van der Waals surface area contributed by atoms with Gasteiger partial charge in [0.2, 0.25) is 0 Å². The van der Waals surface area contributed by atoms with Crippen molar-refractivity contribution >= 4 is 12.4 Å². The van der Waals surface area contributed by atoms with Crippen LogP contribution in [0.5, 0.6) is 0 Å². The summed E-state index contributed by atoms with van der Waals surface area (Å²) in [5, 5.41) is 3.32. The van der Waals surface area contributed by atoms with Crippen LogP contribution in [0.25, 0.3) is 0 Å². The van der Waals surface area contributed by atoms with Crippen LogP contribution in [0.3, 0.4) is 0 Å². The van der Waals surface area contributed by atoms with Crippen molar-refractivity contribution in [3.8, 4) is 0 Å². The van der Waals surface area contributed by atoms with E-state index in [1.165, 1.54) is 0 Å². The second kappa shape index (κ2) is 6.16. The summed E-state index contributed by atoms with van der Waals surface area (Å²) < 4.78 is 11.2. The van der Waals surface area contributed by atoms with Gasteiger partial charge in [0.1, 0.15) is 11.9 Å². The Morgan fingerprint density at radius 2 is 2.20 bits per heavy atom. The maximum Gasteiger partial charge on any atom is 0.132 e. The standard InChI is InChI=1S/C11H17NO2.ClH/c1-9(11-3-2-8-13-11)14-10-4-6-12-7-5-10;/h2-3,8-10,12H,4-7H2,1H3;1H. The first-order chi connectivity index (χ1) is 6.86. The van der Waals surface area contributed by atoms with Gasteiger partial charge in [0.25, 0.3) is 0 Å². The summed E-state index contributed by atoms with van der Waals surface area (Å²) >= 11 is 0. The minimum atomic E-state index is 0. The number of hydrogen-bond acceptors (Lipinski definition) is 3. The highest BCUT2D eigenvalue weighted by Gasteiger charge is 2.18. The van der Waals surface area contributed by atoms with Crippen LogP contribution in [-0.4, -0.2) is 19.2 Å². The molecule has 0 amide bonds. The summed E-state index contributed by atoms with van der Waals surface area (Å²) in [5.74, 6) is 0.920. The van der Waals surface area contributed by atoms with Crippen molar-refractivity contribution in [2.75, 3.05) is 13.1 Å². The van der Waals surface area contributed by atoms with E-state index in [1.54, 1.807) is 6.26 Å². The highest BCUT2D eigenvalue weighted by Crippen LogP contribution is 2.21. The van der Waals surface area contributed by atoms with Gasteiger partial charge in [0.05, 0.1) is 12.4 Å². The number of nitrogens with one attached hydrogen (secondary N) is 1. The van der Waals surface area contributed by atoms with E-state index in [0.29, 0.717) is 6.10 Å². The van der Waals surface area contributed by atoms with E-state index in [0.717, 1.165) is 31.7 Å². The second-order valence-electron chi connectivity index (χ2n) is 3.74. The van der Waals surface area contributed by atoms with Crippen LogP contribution >= 0.6 is 12.4 Å². The van der Waals surface area contributed by atoms with E-state index in [-0.39, 0.29) is 18.5 Å². The topological polar surface area (TPSA) is 34.4 Å². The number of ether oxygens (including phenoxy) is 1. The van der Waals surface area contributed by atoms with Gasteiger partial charge in [-0.2, -0.15) is 0 Å². The molecule has 1 fully saturated rings. The Hall–Kier alpha value is -0.510. The number of halogens is 1. The monoisotopic (exact) mass is 231 g/mol. The lowest BCUT2D eigenvalue weighted by atomic mass is 10.1. The van der Waals surface area contributed by atoms with Gasteiger partial charge >= 0.3 is 0 Å². The lowest BCUT2D eigenvalue weighted by molar-refractivity contribution is -0.0280. The molecular formula is C11H18ClNO2. The molecule has 86 valence electrons. The van der Waals surface area contributed by atoms with Gasteiger partial charge in [0.15, 0.2) is 0 Å². The molecule has 0 spiro atoms. The summed E-state index contributed by atoms with van der Waals surface area (Å²) in [5.41, 5.74) is 0. The molecule has 4 heteroatoms. The molecule has 1 aromatic rings. The third-order valence-corrected chi connectivity index (χ3v) is 2.63. The second-order valence-corrected chi connectivity index (χ2v) is 3.74. The van der Waals surface area contributed by atoms with Crippen LogP contribution in [0.15, 0.2) is 22.8 Å². The van der Waals surface area contributed by atoms with Crippen molar-refractivity contribution < 1.29 is 9.15 Å². The lowest BCUT2D eigenvalue weighted by Crippen LogP contribution is -2.32. The maximum atomic E-state index is 5.90. The van der Waals surface area contributed by atoms with Crippen molar-refractivity contribution in [1.82, 2.24) is 5.32 Å². The molecule has 1 aliphatic heterocycles. The van der Waals surface area contributed by atoms with Crippen LogP contribution in [0.1, 0.15) is 31.6 Å². The van der Waals surface area contributed by atoms with E-state index < -0.39 is 0 Å². The van der Waals surface area contributed by atoms with E-state index in [2.05, 4.69) is 5.32 Å². The first kappa shape index (κ1) is 12.6. The summed E-state index contributed by atoms with van der Waals surface area (Å²) in [6.45, 7) is 4.17. The van der Waals surface area contributed by atoms with Crippen molar-refractivity contribution in [2.24, 2.45) is 0 Å². The average Bonchev–Trinajstić information content (AvgIpc) is 2.72. The summed E-state index contributed by atoms with van der Waals surface area (Å²) in [6, 6.07) is 3.86. The molecule has 1 atom stereocenters. The van der Waals surface area contributed by atoms with Crippen LogP contribution in [-0.2, 0) is 4.74 Å². The Labute approximate surface area is 96.6 Å². The van der Waals surface area contributed by atoms with E-state index >= 15 is 0 Å². The largest absolute Gasteiger partial charge is 0.467 e. The third-order valence-electron chi connectivity index (χ3n) is 2.63. The number of piperidine rings is 1. The first-order valence-corrected chi connectivity index (χ1v) is 5.26. The molecule has 1 saturated heterocycles. The fraction of sp³-hybridized carbons (Fsp3) is 0.636. The lowest BCUT2D eigenvalue weighted by Gasteiger charge is -2.25. The molecule has 1 N–H and O–H groups in total. The summed E-state index contributed by atoms with van der Waals surface area (Å²) in [4.78, 5) is 0. The zero-order chi connectivity index (χ0) is 9.80. The molecule has 0 radical (unpaired) electrons. The highest BCUT2D eigenvalue weighted by molar-refractivity contribution is 5.85. The molecule has 0 saturated carbocycles. The summed E-state index contributed by atoms with van der Waals surface area (Å²) in [6.07, 6.45) is 4.36. The van der Waals surface area contributed by atoms with Gasteiger partial charge in [-0.15, -0.1) is 12.4 Å². The minimum Gasteiger partial charge on any atom is -0.467 e. The quantitative estimate of drug-likeness (QED) is 0.868. The van der Waals surface area contributed by atoms with Gasteiger partial charge in [-0.1, -0.05) is 0 Å². The van der Waals surface area contributed by atoms with Crippen LogP contribution in [0.2, 0.25) is 0 Å². The fourth-order valence-electron chi connectivity index (χ4n) is 1.81. The number of furan rings is 1. The van der Waals surface area contributed by atoms with Gasteiger partial charge in [-0.3, -0.25) is 0 Å². The third kappa shape index (κ3) is 3.52. The highest BCUT2D eigenvalue weighted by atomic mass is 35.5. The molecule has 1 aromatic heterocycles. The predicted octanol–water partition coefficient (Wildman–Crippen LogP) is 2.53. The zero-order valence-corrected chi connectivity index (χ0v) is 9.76. The SMILES string of the molecule is CC(OC1CCNCC1)c1ccco1.Cl. The smallest absolute Gasteiger partial charge is 0.132 e. The van der Waals surface area contributed by atoms with Gasteiger partial charge in [-0.25, -0.2) is 0 Å². The normalized spacial score (nSPS) is 19.5. The number of hydrogen-bond donors (Lipinski definition) is 1. The van der Waals surface area contributed by atoms with Crippen LogP contribution in [0, 0.1) is 0 Å². The van der Waals surface area contributed by atoms with Crippen LogP contribution < -0.4 is 5.32 Å². The molecule has 15 heavy (non-hydrogen) atoms. The van der Waals surface area contributed by atoms with Crippen LogP contribution in [0.4, 0.5) is 0 Å². The molecule has 0 aliphatic carbocycles. The van der Waals surface area contributed by atoms with Gasteiger partial charge < -0.3 is 14.5 Å². The molecule has 2 heterocycles. The van der Waals surface area contributed by atoms with Crippen molar-refractivity contribution in [2.45, 2.75) is 32.0 Å². The average molecular weight is 232 g/mol. The van der Waals surface area contributed by atoms with Crippen molar-refractivity contribution in [3.05, 3.63) is 24.2 Å². The fourth-order valence-corrected chi connectivity index (χ4v) is 1.81. The first-order valence-electron chi connectivity index (χ1n) is 5.26. The van der Waals surface area contributed by atoms with E-state index in [9.17, 15) is 0 Å². The maximum absolute atomic E-state index is 5.90. The molecule has 0 aromatic carbocycles. The Balaban J connectivity index is 0.00000112. The molecule has 0 bridgehead atoms. The molecule has 1 aliphatic rings. The van der Waals surface area contributed by atoms with E-state index in [1.807, 2.05) is 19.1 Å². The molecular weight excluding hydrogens is 214 g/mol. The van der Waals surface area contributed by atoms with E-state index in [4.69, 9.17) is 9.15 Å². The Morgan fingerprint density at radius 1 is 1.47 bits per heavy atom. The molecule has 2 rings (SSSR count). The van der Waals surface area contributed by atoms with Crippen molar-refractivity contribution in [3.63, 3.8) is 0 Å². The summed E-state index contributed by atoms with van der Waals surface area (Å²) in [7, 11) is 0. The van der Waals surface area contributed by atoms with Gasteiger partial charge in [0, 0.05) is 0 Å². The molecule has 3 nitrogen and oxygen atoms in total. The van der Waals surface area contributed by atoms with Gasteiger partial charge in [-0.05, 0) is 45.0 Å². The minimum absolute atomic E-state index is 0. The number of rotatable bonds is 3. The predicted molar refractivity (Wildman–Crippen MR) is 61.3 cm³/mol. The Morgan fingerprint density at radius 3 is 2.80 bits per heavy atom. The Bertz CT molecular complexity index is 258. The zero-order valence-electron chi connectivity index (χ0n) is 8.94. The molecule has 1 unspecified atom stereocenters.